The number of unbranched alkanes of at least 4 members (excludes halogenated alkanes) is 1. The van der Waals surface area contributed by atoms with E-state index in [1.54, 1.807) is 30.3 Å². The van der Waals surface area contributed by atoms with Crippen molar-refractivity contribution in [2.45, 2.75) is 57.4 Å². The van der Waals surface area contributed by atoms with Crippen LogP contribution in [0.4, 0.5) is 0 Å². The zero-order chi connectivity index (χ0) is 20.4. The molecule has 0 bridgehead atoms. The van der Waals surface area contributed by atoms with Crippen molar-refractivity contribution in [2.75, 3.05) is 13.7 Å². The van der Waals surface area contributed by atoms with Crippen LogP contribution in [0.15, 0.2) is 30.3 Å². The molecule has 2 amide bonds. The molecule has 0 aliphatic heterocycles. The number of methoxy groups -OCH3 is 1. The fourth-order valence-electron chi connectivity index (χ4n) is 3.41. The molecule has 1 fully saturated rings. The van der Waals surface area contributed by atoms with Crippen LogP contribution >= 0.6 is 0 Å². The first-order valence-corrected chi connectivity index (χ1v) is 9.97. The number of esters is 1. The summed E-state index contributed by atoms with van der Waals surface area (Å²) in [4.78, 5) is 36.7. The molecule has 1 aromatic rings. The Bertz CT molecular complexity index is 704. The molecule has 28 heavy (non-hydrogen) atoms. The molecule has 0 heterocycles. The number of carbonyl (C=O) groups excluding carboxylic acids is 3. The van der Waals surface area contributed by atoms with E-state index in [4.69, 9.17) is 0 Å². The van der Waals surface area contributed by atoms with E-state index >= 15 is 0 Å². The second-order valence-electron chi connectivity index (χ2n) is 7.19. The molecule has 1 aliphatic carbocycles. The van der Waals surface area contributed by atoms with Gasteiger partial charge in [0.15, 0.2) is 0 Å². The van der Waals surface area contributed by atoms with Crippen LogP contribution in [0, 0.1) is 0 Å². The number of amides is 2. The van der Waals surface area contributed by atoms with Gasteiger partial charge in [-0.3, -0.25) is 9.59 Å². The van der Waals surface area contributed by atoms with Gasteiger partial charge in [-0.2, -0.15) is 0 Å². The minimum atomic E-state index is -0.817. The predicted molar refractivity (Wildman–Crippen MR) is 109 cm³/mol. The van der Waals surface area contributed by atoms with E-state index in [-0.39, 0.29) is 11.8 Å². The molecular formula is C22H30N2O4. The van der Waals surface area contributed by atoms with Crippen molar-refractivity contribution in [1.29, 1.82) is 0 Å². The van der Waals surface area contributed by atoms with Crippen LogP contribution in [0.5, 0.6) is 0 Å². The summed E-state index contributed by atoms with van der Waals surface area (Å²) in [5, 5.41) is 5.93. The molecule has 0 aromatic heterocycles. The Morgan fingerprint density at radius 3 is 2.39 bits per heavy atom. The van der Waals surface area contributed by atoms with Crippen LogP contribution in [-0.2, 0) is 14.3 Å². The molecule has 0 atom stereocenters. The minimum absolute atomic E-state index is 0.0789. The molecule has 2 rings (SSSR count). The summed E-state index contributed by atoms with van der Waals surface area (Å²) in [7, 11) is 1.33. The zero-order valence-electron chi connectivity index (χ0n) is 16.8. The molecule has 1 aromatic carbocycles. The summed E-state index contributed by atoms with van der Waals surface area (Å²) in [6, 6.07) is 6.77. The summed E-state index contributed by atoms with van der Waals surface area (Å²) < 4.78 is 4.67. The molecule has 2 N–H and O–H groups in total. The van der Waals surface area contributed by atoms with Gasteiger partial charge in [0.1, 0.15) is 5.54 Å². The Labute approximate surface area is 166 Å². The molecule has 0 spiro atoms. The van der Waals surface area contributed by atoms with Gasteiger partial charge in [0.25, 0.3) is 0 Å². The molecule has 1 aliphatic rings. The Morgan fingerprint density at radius 1 is 1.11 bits per heavy atom. The first kappa shape index (κ1) is 21.7. The van der Waals surface area contributed by atoms with E-state index in [2.05, 4.69) is 22.3 Å². The summed E-state index contributed by atoms with van der Waals surface area (Å²) in [5.41, 5.74) is 0.421. The lowest BCUT2D eigenvalue weighted by Crippen LogP contribution is -2.59. The van der Waals surface area contributed by atoms with Crippen LogP contribution in [-0.4, -0.2) is 37.0 Å². The van der Waals surface area contributed by atoms with Crippen LogP contribution in [0.2, 0.25) is 0 Å². The monoisotopic (exact) mass is 386 g/mol. The van der Waals surface area contributed by atoms with E-state index in [0.717, 1.165) is 37.7 Å². The summed E-state index contributed by atoms with van der Waals surface area (Å²) >= 11 is 0. The standard InChI is InChI=1S/C22H30N2O4/c1-3-4-16-23-21(27)22(14-6-5-7-15-22)24-19(25)13-10-17-8-11-18(12-9-17)20(26)28-2/h8-13H,3-7,14-16H2,1-2H3,(H,23,27)(H,24,25)/b13-10+. The van der Waals surface area contributed by atoms with E-state index < -0.39 is 11.5 Å². The quantitative estimate of drug-likeness (QED) is 0.408. The van der Waals surface area contributed by atoms with E-state index in [1.807, 2.05) is 0 Å². The number of carbonyl (C=O) groups is 3. The number of benzene rings is 1. The Morgan fingerprint density at radius 2 is 1.79 bits per heavy atom. The van der Waals surface area contributed by atoms with Crippen molar-refractivity contribution in [3.63, 3.8) is 0 Å². The van der Waals surface area contributed by atoms with Gasteiger partial charge in [-0.15, -0.1) is 0 Å². The van der Waals surface area contributed by atoms with Crippen LogP contribution < -0.4 is 10.6 Å². The SMILES string of the molecule is CCCCNC(=O)C1(NC(=O)/C=C/c2ccc(C(=O)OC)cc2)CCCCC1. The lowest BCUT2D eigenvalue weighted by molar-refractivity contribution is -0.133. The summed E-state index contributed by atoms with van der Waals surface area (Å²) in [5.74, 6) is -0.768. The molecular weight excluding hydrogens is 356 g/mol. The normalized spacial score (nSPS) is 15.8. The lowest BCUT2D eigenvalue weighted by atomic mass is 9.80. The van der Waals surface area contributed by atoms with Gasteiger partial charge in [-0.05, 0) is 43.0 Å². The lowest BCUT2D eigenvalue weighted by Gasteiger charge is -2.36. The highest BCUT2D eigenvalue weighted by atomic mass is 16.5. The third kappa shape index (κ3) is 5.94. The number of hydrogen-bond acceptors (Lipinski definition) is 4. The second kappa shape index (κ2) is 10.6. The van der Waals surface area contributed by atoms with Gasteiger partial charge in [0, 0.05) is 12.6 Å². The van der Waals surface area contributed by atoms with Gasteiger partial charge in [0.2, 0.25) is 11.8 Å². The van der Waals surface area contributed by atoms with Crippen LogP contribution in [0.3, 0.4) is 0 Å². The number of ether oxygens (including phenoxy) is 1. The first-order chi connectivity index (χ1) is 13.5. The Balaban J connectivity index is 2.01. The topological polar surface area (TPSA) is 84.5 Å². The Kier molecular flexibility index (Phi) is 8.23. The fraction of sp³-hybridized carbons (Fsp3) is 0.500. The summed E-state index contributed by atoms with van der Waals surface area (Å²) in [6.07, 6.45) is 9.32. The minimum Gasteiger partial charge on any atom is -0.465 e. The number of hydrogen-bond donors (Lipinski definition) is 2. The maximum Gasteiger partial charge on any atom is 0.337 e. The maximum absolute atomic E-state index is 12.7. The van der Waals surface area contributed by atoms with Gasteiger partial charge >= 0.3 is 5.97 Å². The Hall–Kier alpha value is -2.63. The van der Waals surface area contributed by atoms with Crippen molar-refractivity contribution in [1.82, 2.24) is 10.6 Å². The van der Waals surface area contributed by atoms with E-state index in [9.17, 15) is 14.4 Å². The van der Waals surface area contributed by atoms with Crippen LogP contribution in [0.25, 0.3) is 6.08 Å². The molecule has 6 nitrogen and oxygen atoms in total. The highest BCUT2D eigenvalue weighted by Gasteiger charge is 2.40. The number of nitrogens with one attached hydrogen (secondary N) is 2. The maximum atomic E-state index is 12.7. The predicted octanol–water partition coefficient (Wildman–Crippen LogP) is 3.22. The van der Waals surface area contributed by atoms with Crippen molar-refractivity contribution in [3.8, 4) is 0 Å². The van der Waals surface area contributed by atoms with Crippen LogP contribution in [0.1, 0.15) is 67.8 Å². The van der Waals surface area contributed by atoms with Crippen molar-refractivity contribution in [2.24, 2.45) is 0 Å². The molecule has 1 saturated carbocycles. The largest absolute Gasteiger partial charge is 0.465 e. The first-order valence-electron chi connectivity index (χ1n) is 9.97. The third-order valence-corrected chi connectivity index (χ3v) is 5.08. The molecule has 0 saturated heterocycles. The van der Waals surface area contributed by atoms with Crippen molar-refractivity contribution < 1.29 is 19.1 Å². The highest BCUT2D eigenvalue weighted by molar-refractivity contribution is 5.97. The van der Waals surface area contributed by atoms with Gasteiger partial charge in [-0.25, -0.2) is 4.79 Å². The number of rotatable bonds is 8. The molecule has 152 valence electrons. The third-order valence-electron chi connectivity index (χ3n) is 5.08. The average Bonchev–Trinajstić information content (AvgIpc) is 2.72. The second-order valence-corrected chi connectivity index (χ2v) is 7.19. The van der Waals surface area contributed by atoms with Gasteiger partial charge < -0.3 is 15.4 Å². The smallest absolute Gasteiger partial charge is 0.337 e. The summed E-state index contributed by atoms with van der Waals surface area (Å²) in [6.45, 7) is 2.71. The van der Waals surface area contributed by atoms with E-state index in [0.29, 0.717) is 24.9 Å². The van der Waals surface area contributed by atoms with Gasteiger partial charge in [0.05, 0.1) is 12.7 Å². The highest BCUT2D eigenvalue weighted by Crippen LogP contribution is 2.28. The van der Waals surface area contributed by atoms with Gasteiger partial charge in [-0.1, -0.05) is 44.7 Å². The molecule has 0 unspecified atom stereocenters. The van der Waals surface area contributed by atoms with E-state index in [1.165, 1.54) is 13.2 Å². The molecule has 6 heteroatoms. The fourth-order valence-corrected chi connectivity index (χ4v) is 3.41. The molecule has 0 radical (unpaired) electrons. The zero-order valence-corrected chi connectivity index (χ0v) is 16.8. The average molecular weight is 386 g/mol. The van der Waals surface area contributed by atoms with Crippen molar-refractivity contribution >= 4 is 23.9 Å². The van der Waals surface area contributed by atoms with Crippen molar-refractivity contribution in [3.05, 3.63) is 41.5 Å².